The van der Waals surface area contributed by atoms with Gasteiger partial charge in [-0.1, -0.05) is 61.0 Å². The lowest BCUT2D eigenvalue weighted by molar-refractivity contribution is -0.136. The molecule has 0 unspecified atom stereocenters. The van der Waals surface area contributed by atoms with Crippen LogP contribution in [-0.4, -0.2) is 44.2 Å². The molecule has 1 aliphatic rings. The van der Waals surface area contributed by atoms with Gasteiger partial charge in [0.1, 0.15) is 5.82 Å². The molecule has 3 aromatic rings. The van der Waals surface area contributed by atoms with E-state index in [9.17, 15) is 14.7 Å². The Morgan fingerprint density at radius 1 is 1.14 bits per heavy atom. The van der Waals surface area contributed by atoms with Crippen LogP contribution in [0.4, 0.5) is 5.82 Å². The summed E-state index contributed by atoms with van der Waals surface area (Å²) in [6.45, 7) is 3.67. The summed E-state index contributed by atoms with van der Waals surface area (Å²) >= 11 is 5.91. The highest BCUT2D eigenvalue weighted by molar-refractivity contribution is 6.30. The number of hydrogen-bond acceptors (Lipinski definition) is 5. The van der Waals surface area contributed by atoms with Crippen LogP contribution in [0.5, 0.6) is 0 Å². The third-order valence-corrected chi connectivity index (χ3v) is 6.88. The number of nitrogens with zero attached hydrogens (tertiary/aromatic N) is 3. The molecule has 8 heteroatoms. The molecular formula is C27H31ClN4O3. The van der Waals surface area contributed by atoms with E-state index in [-0.39, 0.29) is 23.9 Å². The Labute approximate surface area is 210 Å². The number of carbonyl (C=O) groups excluding carboxylic acids is 1. The minimum atomic E-state index is -1.05. The zero-order valence-corrected chi connectivity index (χ0v) is 20.6. The number of hydrogen-bond donors (Lipinski definition) is 2. The molecule has 0 spiro atoms. The van der Waals surface area contributed by atoms with Crippen molar-refractivity contribution in [1.29, 1.82) is 0 Å². The van der Waals surface area contributed by atoms with Gasteiger partial charge in [0.25, 0.3) is 5.56 Å². The Kier molecular flexibility index (Phi) is 7.88. The minimum absolute atomic E-state index is 0.0957. The largest absolute Gasteiger partial charge is 0.388 e. The zero-order chi connectivity index (χ0) is 24.8. The Morgan fingerprint density at radius 2 is 1.83 bits per heavy atom. The fourth-order valence-electron chi connectivity index (χ4n) is 4.37. The summed E-state index contributed by atoms with van der Waals surface area (Å²) in [5.74, 6) is 0.709. The van der Waals surface area contributed by atoms with Crippen molar-refractivity contribution in [2.45, 2.75) is 50.8 Å². The minimum Gasteiger partial charge on any atom is -0.388 e. The summed E-state index contributed by atoms with van der Waals surface area (Å²) in [6, 6.07) is 18.9. The van der Waals surface area contributed by atoms with E-state index in [2.05, 4.69) is 17.2 Å². The number of benzene rings is 2. The van der Waals surface area contributed by atoms with Crippen LogP contribution in [-0.2, 0) is 17.9 Å². The van der Waals surface area contributed by atoms with Crippen molar-refractivity contribution in [3.05, 3.63) is 93.5 Å². The molecule has 1 saturated heterocycles. The van der Waals surface area contributed by atoms with Gasteiger partial charge in [-0.25, -0.2) is 4.98 Å². The van der Waals surface area contributed by atoms with Gasteiger partial charge in [-0.3, -0.25) is 14.2 Å². The van der Waals surface area contributed by atoms with E-state index < -0.39 is 5.60 Å². The van der Waals surface area contributed by atoms with Crippen molar-refractivity contribution in [2.24, 2.45) is 0 Å². The summed E-state index contributed by atoms with van der Waals surface area (Å²) in [5, 5.41) is 14.9. The van der Waals surface area contributed by atoms with Crippen molar-refractivity contribution in [2.75, 3.05) is 18.4 Å². The Balaban J connectivity index is 1.29. The summed E-state index contributed by atoms with van der Waals surface area (Å²) in [4.78, 5) is 31.6. The molecule has 1 amide bonds. The number of nitrogens with one attached hydrogen (secondary N) is 1. The van der Waals surface area contributed by atoms with Crippen LogP contribution in [0, 0.1) is 0 Å². The highest BCUT2D eigenvalue weighted by Crippen LogP contribution is 2.26. The SMILES string of the molecule is C[C@H](CC(=O)N1CCC(O)(Cn2cnc(NCc3ccc(Cl)cc3)cc2=O)CC1)c1ccccc1. The maximum absolute atomic E-state index is 12.8. The number of piperidine rings is 1. The van der Waals surface area contributed by atoms with E-state index >= 15 is 0 Å². The fourth-order valence-corrected chi connectivity index (χ4v) is 4.50. The molecule has 184 valence electrons. The standard InChI is InChI=1S/C27H31ClN4O3/c1-20(22-5-3-2-4-6-22)15-25(33)31-13-11-27(35,12-14-31)18-32-19-30-24(16-26(32)34)29-17-21-7-9-23(28)10-8-21/h2-10,16,19-20,29,35H,11-15,17-18H2,1H3/t20-/m1/s1. The molecule has 4 rings (SSSR count). The number of anilines is 1. The molecule has 0 saturated carbocycles. The lowest BCUT2D eigenvalue weighted by atomic mass is 9.90. The molecule has 2 N–H and O–H groups in total. The highest BCUT2D eigenvalue weighted by Gasteiger charge is 2.34. The van der Waals surface area contributed by atoms with E-state index in [0.29, 0.717) is 49.7 Å². The van der Waals surface area contributed by atoms with Gasteiger partial charge in [0.05, 0.1) is 18.5 Å². The monoisotopic (exact) mass is 494 g/mol. The van der Waals surface area contributed by atoms with Crippen molar-refractivity contribution in [1.82, 2.24) is 14.5 Å². The molecule has 1 aromatic heterocycles. The van der Waals surface area contributed by atoms with Gasteiger partial charge < -0.3 is 15.3 Å². The molecule has 1 aliphatic heterocycles. The summed E-state index contributed by atoms with van der Waals surface area (Å²) in [7, 11) is 0. The van der Waals surface area contributed by atoms with Crippen LogP contribution in [0.2, 0.25) is 5.02 Å². The first kappa shape index (κ1) is 24.9. The molecule has 35 heavy (non-hydrogen) atoms. The van der Waals surface area contributed by atoms with E-state index in [1.165, 1.54) is 17.0 Å². The quantitative estimate of drug-likeness (QED) is 0.493. The zero-order valence-electron chi connectivity index (χ0n) is 19.9. The Hall–Kier alpha value is -3.16. The van der Waals surface area contributed by atoms with Gasteiger partial charge in [-0.15, -0.1) is 0 Å². The second kappa shape index (κ2) is 11.1. The maximum atomic E-state index is 12.8. The number of aromatic nitrogens is 2. The van der Waals surface area contributed by atoms with Crippen LogP contribution in [0.1, 0.15) is 43.2 Å². The Morgan fingerprint density at radius 3 is 2.49 bits per heavy atom. The van der Waals surface area contributed by atoms with Gasteiger partial charge in [-0.05, 0) is 42.0 Å². The van der Waals surface area contributed by atoms with E-state index in [1.807, 2.05) is 59.5 Å². The van der Waals surface area contributed by atoms with Crippen molar-refractivity contribution in [3.63, 3.8) is 0 Å². The van der Waals surface area contributed by atoms with Crippen molar-refractivity contribution >= 4 is 23.3 Å². The third-order valence-electron chi connectivity index (χ3n) is 6.63. The molecule has 0 radical (unpaired) electrons. The van der Waals surface area contributed by atoms with Crippen molar-refractivity contribution < 1.29 is 9.90 Å². The van der Waals surface area contributed by atoms with Gasteiger partial charge in [0.2, 0.25) is 5.91 Å². The molecular weight excluding hydrogens is 464 g/mol. The molecule has 7 nitrogen and oxygen atoms in total. The summed E-state index contributed by atoms with van der Waals surface area (Å²) in [6.07, 6.45) is 2.74. The van der Waals surface area contributed by atoms with Gasteiger partial charge in [0, 0.05) is 37.1 Å². The predicted octanol–water partition coefficient (Wildman–Crippen LogP) is 4.06. The van der Waals surface area contributed by atoms with Crippen LogP contribution in [0.3, 0.4) is 0 Å². The average Bonchev–Trinajstić information content (AvgIpc) is 2.86. The molecule has 2 aromatic carbocycles. The highest BCUT2D eigenvalue weighted by atomic mass is 35.5. The lowest BCUT2D eigenvalue weighted by Crippen LogP contribution is -2.49. The topological polar surface area (TPSA) is 87.5 Å². The third kappa shape index (κ3) is 6.71. The lowest BCUT2D eigenvalue weighted by Gasteiger charge is -2.38. The smallest absolute Gasteiger partial charge is 0.255 e. The maximum Gasteiger partial charge on any atom is 0.255 e. The Bertz CT molecular complexity index is 1190. The molecule has 0 bridgehead atoms. The summed E-state index contributed by atoms with van der Waals surface area (Å²) in [5.41, 5.74) is 0.884. The molecule has 1 fully saturated rings. The normalized spacial score (nSPS) is 16.0. The first-order valence-corrected chi connectivity index (χ1v) is 12.3. The van der Waals surface area contributed by atoms with Gasteiger partial charge in [-0.2, -0.15) is 0 Å². The van der Waals surface area contributed by atoms with Crippen LogP contribution >= 0.6 is 11.6 Å². The van der Waals surface area contributed by atoms with Crippen molar-refractivity contribution in [3.8, 4) is 0 Å². The fraction of sp³-hybridized carbons (Fsp3) is 0.370. The second-order valence-electron chi connectivity index (χ2n) is 9.34. The average molecular weight is 495 g/mol. The first-order valence-electron chi connectivity index (χ1n) is 11.9. The number of aliphatic hydroxyl groups is 1. The second-order valence-corrected chi connectivity index (χ2v) is 9.78. The number of carbonyl (C=O) groups is 1. The van der Waals surface area contributed by atoms with Gasteiger partial charge >= 0.3 is 0 Å². The van der Waals surface area contributed by atoms with E-state index in [0.717, 1.165) is 11.1 Å². The van der Waals surface area contributed by atoms with E-state index in [4.69, 9.17) is 11.6 Å². The number of amides is 1. The van der Waals surface area contributed by atoms with Crippen LogP contribution in [0.25, 0.3) is 0 Å². The molecule has 1 atom stereocenters. The number of rotatable bonds is 8. The number of halogens is 1. The van der Waals surface area contributed by atoms with Crippen LogP contribution in [0.15, 0.2) is 71.8 Å². The molecule has 2 heterocycles. The number of likely N-dealkylation sites (tertiary alicyclic amines) is 1. The first-order chi connectivity index (χ1) is 16.8. The predicted molar refractivity (Wildman–Crippen MR) is 138 cm³/mol. The van der Waals surface area contributed by atoms with Gasteiger partial charge in [0.15, 0.2) is 0 Å². The van der Waals surface area contributed by atoms with Crippen LogP contribution < -0.4 is 10.9 Å². The van der Waals surface area contributed by atoms with E-state index in [1.54, 1.807) is 0 Å². The summed E-state index contributed by atoms with van der Waals surface area (Å²) < 4.78 is 1.43. The molecule has 0 aliphatic carbocycles.